The van der Waals surface area contributed by atoms with Crippen molar-refractivity contribution < 1.29 is 18.3 Å². The predicted molar refractivity (Wildman–Crippen MR) is 84.6 cm³/mol. The van der Waals surface area contributed by atoms with Crippen molar-refractivity contribution in [1.82, 2.24) is 4.57 Å². The standard InChI is InChI=1S/C16H10ClF3N2O2/c17-11-4-5-13-12(7-11)14(21-24)15(23)22(13)8-9-2-1-3-10(6-9)16(18,19)20/h1-7,23H,8H2. The van der Waals surface area contributed by atoms with E-state index in [2.05, 4.69) is 5.18 Å². The molecule has 8 heteroatoms. The van der Waals surface area contributed by atoms with Crippen molar-refractivity contribution in [3.8, 4) is 5.88 Å². The average molecular weight is 355 g/mol. The SMILES string of the molecule is O=Nc1c(O)n(Cc2cccc(C(F)(F)F)c2)c2ccc(Cl)cc12. The van der Waals surface area contributed by atoms with E-state index in [0.29, 0.717) is 21.5 Å². The first-order valence-corrected chi connectivity index (χ1v) is 7.19. The van der Waals surface area contributed by atoms with Crippen molar-refractivity contribution in [2.75, 3.05) is 0 Å². The Bertz CT molecular complexity index is 935. The zero-order valence-electron chi connectivity index (χ0n) is 12.0. The van der Waals surface area contributed by atoms with Crippen LogP contribution >= 0.6 is 11.6 Å². The first-order valence-electron chi connectivity index (χ1n) is 6.81. The van der Waals surface area contributed by atoms with Gasteiger partial charge < -0.3 is 9.67 Å². The third-order valence-corrected chi connectivity index (χ3v) is 3.89. The molecule has 3 aromatic rings. The lowest BCUT2D eigenvalue weighted by Gasteiger charge is -2.11. The van der Waals surface area contributed by atoms with Crippen LogP contribution in [0.15, 0.2) is 47.6 Å². The molecule has 0 saturated carbocycles. The van der Waals surface area contributed by atoms with Gasteiger partial charge in [0, 0.05) is 10.4 Å². The number of rotatable bonds is 3. The molecule has 24 heavy (non-hydrogen) atoms. The van der Waals surface area contributed by atoms with Gasteiger partial charge in [0.05, 0.1) is 17.6 Å². The van der Waals surface area contributed by atoms with Gasteiger partial charge in [-0.05, 0) is 41.1 Å². The number of hydrogen-bond acceptors (Lipinski definition) is 3. The molecule has 0 aliphatic heterocycles. The Balaban J connectivity index is 2.11. The fourth-order valence-electron chi connectivity index (χ4n) is 2.57. The summed E-state index contributed by atoms with van der Waals surface area (Å²) >= 11 is 5.88. The molecule has 1 N–H and O–H groups in total. The van der Waals surface area contributed by atoms with Crippen molar-refractivity contribution in [2.24, 2.45) is 5.18 Å². The highest BCUT2D eigenvalue weighted by molar-refractivity contribution is 6.31. The summed E-state index contributed by atoms with van der Waals surface area (Å²) in [5.74, 6) is -0.417. The molecule has 4 nitrogen and oxygen atoms in total. The second-order valence-corrected chi connectivity index (χ2v) is 5.65. The Labute approximate surface area is 139 Å². The Morgan fingerprint density at radius 2 is 1.92 bits per heavy atom. The van der Waals surface area contributed by atoms with E-state index in [0.717, 1.165) is 12.1 Å². The van der Waals surface area contributed by atoms with E-state index in [1.807, 2.05) is 0 Å². The Morgan fingerprint density at radius 1 is 1.17 bits per heavy atom. The van der Waals surface area contributed by atoms with Crippen LogP contribution < -0.4 is 0 Å². The van der Waals surface area contributed by atoms with Gasteiger partial charge in [-0.3, -0.25) is 0 Å². The molecule has 1 aromatic heterocycles. The molecule has 0 bridgehead atoms. The molecular formula is C16H10ClF3N2O2. The highest BCUT2D eigenvalue weighted by Crippen LogP contribution is 2.40. The van der Waals surface area contributed by atoms with Gasteiger partial charge in [0.25, 0.3) is 0 Å². The van der Waals surface area contributed by atoms with E-state index in [4.69, 9.17) is 11.6 Å². The second kappa shape index (κ2) is 5.83. The lowest BCUT2D eigenvalue weighted by molar-refractivity contribution is -0.137. The number of nitrogens with zero attached hydrogens (tertiary/aromatic N) is 2. The van der Waals surface area contributed by atoms with E-state index in [-0.39, 0.29) is 12.2 Å². The summed E-state index contributed by atoms with van der Waals surface area (Å²) in [4.78, 5) is 11.0. The molecule has 124 valence electrons. The van der Waals surface area contributed by atoms with Crippen molar-refractivity contribution in [3.05, 3.63) is 63.5 Å². The summed E-state index contributed by atoms with van der Waals surface area (Å²) in [6.45, 7) is -0.0522. The molecule has 0 radical (unpaired) electrons. The largest absolute Gasteiger partial charge is 0.493 e. The van der Waals surface area contributed by atoms with Crippen LogP contribution in [0.3, 0.4) is 0 Å². The first-order chi connectivity index (χ1) is 11.3. The minimum Gasteiger partial charge on any atom is -0.493 e. The minimum atomic E-state index is -4.46. The number of benzene rings is 2. The number of nitroso groups, excluding NO2 is 1. The molecule has 0 unspecified atom stereocenters. The van der Waals surface area contributed by atoms with Gasteiger partial charge in [-0.2, -0.15) is 13.2 Å². The van der Waals surface area contributed by atoms with Crippen molar-refractivity contribution in [1.29, 1.82) is 0 Å². The van der Waals surface area contributed by atoms with E-state index >= 15 is 0 Å². The number of fused-ring (bicyclic) bond motifs is 1. The van der Waals surface area contributed by atoms with Crippen LogP contribution in [0.2, 0.25) is 5.02 Å². The van der Waals surface area contributed by atoms with Crippen LogP contribution in [0.5, 0.6) is 5.88 Å². The van der Waals surface area contributed by atoms with Gasteiger partial charge >= 0.3 is 6.18 Å². The molecule has 1 heterocycles. The average Bonchev–Trinajstić information content (AvgIpc) is 2.78. The predicted octanol–water partition coefficient (Wildman–Crippen LogP) is 5.47. The highest BCUT2D eigenvalue weighted by Gasteiger charge is 2.30. The maximum atomic E-state index is 12.8. The molecule has 0 spiro atoms. The lowest BCUT2D eigenvalue weighted by Crippen LogP contribution is -2.06. The summed E-state index contributed by atoms with van der Waals surface area (Å²) in [6, 6.07) is 9.35. The molecule has 0 saturated heterocycles. The van der Waals surface area contributed by atoms with Crippen molar-refractivity contribution >= 4 is 28.2 Å². The topological polar surface area (TPSA) is 54.6 Å². The number of aromatic nitrogens is 1. The van der Waals surface area contributed by atoms with Crippen molar-refractivity contribution in [3.63, 3.8) is 0 Å². The normalized spacial score (nSPS) is 11.8. The minimum absolute atomic E-state index is 0.0522. The Hall–Kier alpha value is -2.54. The van der Waals surface area contributed by atoms with Crippen molar-refractivity contribution in [2.45, 2.75) is 12.7 Å². The Morgan fingerprint density at radius 3 is 2.58 bits per heavy atom. The molecule has 0 aliphatic rings. The summed E-state index contributed by atoms with van der Waals surface area (Å²) in [5, 5.41) is 13.7. The maximum absolute atomic E-state index is 12.8. The smallest absolute Gasteiger partial charge is 0.416 e. The molecule has 0 atom stereocenters. The monoisotopic (exact) mass is 354 g/mol. The molecule has 2 aromatic carbocycles. The number of alkyl halides is 3. The summed E-state index contributed by atoms with van der Waals surface area (Å²) in [5.41, 5.74) is -0.208. The molecular weight excluding hydrogens is 345 g/mol. The third kappa shape index (κ3) is 2.82. The van der Waals surface area contributed by atoms with Crippen LogP contribution in [0.4, 0.5) is 18.9 Å². The summed E-state index contributed by atoms with van der Waals surface area (Å²) in [6.07, 6.45) is -4.46. The second-order valence-electron chi connectivity index (χ2n) is 5.21. The molecule has 0 fully saturated rings. The van der Waals surface area contributed by atoms with Crippen LogP contribution in [0.25, 0.3) is 10.9 Å². The number of aromatic hydroxyl groups is 1. The van der Waals surface area contributed by atoms with Gasteiger partial charge in [-0.1, -0.05) is 23.7 Å². The maximum Gasteiger partial charge on any atom is 0.416 e. The van der Waals surface area contributed by atoms with Gasteiger partial charge in [-0.25, -0.2) is 0 Å². The van der Waals surface area contributed by atoms with E-state index in [1.54, 1.807) is 12.1 Å². The van der Waals surface area contributed by atoms with Crippen LogP contribution in [-0.2, 0) is 12.7 Å². The third-order valence-electron chi connectivity index (χ3n) is 3.66. The van der Waals surface area contributed by atoms with E-state index < -0.39 is 17.6 Å². The fourth-order valence-corrected chi connectivity index (χ4v) is 2.75. The van der Waals surface area contributed by atoms with Crippen LogP contribution in [0, 0.1) is 4.91 Å². The summed E-state index contributed by atoms with van der Waals surface area (Å²) in [7, 11) is 0. The molecule has 0 amide bonds. The van der Waals surface area contributed by atoms with Crippen LogP contribution in [-0.4, -0.2) is 9.67 Å². The zero-order valence-corrected chi connectivity index (χ0v) is 12.8. The molecule has 3 rings (SSSR count). The number of hydrogen-bond donors (Lipinski definition) is 1. The number of halogens is 4. The van der Waals surface area contributed by atoms with Gasteiger partial charge in [0.2, 0.25) is 5.88 Å². The van der Waals surface area contributed by atoms with Gasteiger partial charge in [0.15, 0.2) is 5.69 Å². The van der Waals surface area contributed by atoms with Crippen LogP contribution in [0.1, 0.15) is 11.1 Å². The zero-order chi connectivity index (χ0) is 17.5. The van der Waals surface area contributed by atoms with Gasteiger partial charge in [0.1, 0.15) is 0 Å². The van der Waals surface area contributed by atoms with E-state index in [9.17, 15) is 23.2 Å². The Kier molecular flexibility index (Phi) is 3.96. The quantitative estimate of drug-likeness (QED) is 0.634. The van der Waals surface area contributed by atoms with E-state index in [1.165, 1.54) is 22.8 Å². The molecule has 0 aliphatic carbocycles. The highest BCUT2D eigenvalue weighted by atomic mass is 35.5. The fraction of sp³-hybridized carbons (Fsp3) is 0.125. The van der Waals surface area contributed by atoms with Gasteiger partial charge in [-0.15, -0.1) is 4.91 Å². The first kappa shape index (κ1) is 16.3. The lowest BCUT2D eigenvalue weighted by atomic mass is 10.1. The summed E-state index contributed by atoms with van der Waals surface area (Å²) < 4.78 is 39.8.